The second-order valence-corrected chi connectivity index (χ2v) is 12.7. The number of hydrogen-bond donors (Lipinski definition) is 3. The molecule has 3 N–H and O–H groups in total. The molecule has 0 bridgehead atoms. The Morgan fingerprint density at radius 1 is 0.952 bits per heavy atom. The third-order valence-corrected chi connectivity index (χ3v) is 9.93. The average molecular weight is 595 g/mol. The molecule has 3 heterocycles. The van der Waals surface area contributed by atoms with Gasteiger partial charge in [0, 0.05) is 50.1 Å². The van der Waals surface area contributed by atoms with Gasteiger partial charge in [0.05, 0.1) is 17.3 Å². The maximum absolute atomic E-state index is 13.4. The lowest BCUT2D eigenvalue weighted by Gasteiger charge is -2.35. The van der Waals surface area contributed by atoms with E-state index in [0.29, 0.717) is 61.3 Å². The number of nitrogens with zero attached hydrogens (tertiary/aromatic N) is 6. The minimum Gasteiger partial charge on any atom is -0.393 e. The molecule has 0 radical (unpaired) electrons. The number of anilines is 4. The van der Waals surface area contributed by atoms with Gasteiger partial charge in [-0.3, -0.25) is 0 Å². The number of aromatic nitrogens is 4. The molecule has 6 rings (SSSR count). The average Bonchev–Trinajstić information content (AvgIpc) is 3.42. The fourth-order valence-corrected chi connectivity index (χ4v) is 6.99. The number of aliphatic hydroxyl groups is 1. The normalized spacial score (nSPS) is 20.1. The highest BCUT2D eigenvalue weighted by molar-refractivity contribution is 7.89. The molecule has 11 nitrogen and oxygen atoms in total. The zero-order valence-electron chi connectivity index (χ0n) is 23.4. The second kappa shape index (κ2) is 11.8. The molecule has 0 amide bonds. The van der Waals surface area contributed by atoms with Crippen molar-refractivity contribution in [2.75, 3.05) is 41.7 Å². The van der Waals surface area contributed by atoms with E-state index in [1.54, 1.807) is 42.7 Å². The number of sulfonamides is 1. The first-order chi connectivity index (χ1) is 20.3. The maximum Gasteiger partial charge on any atom is 0.243 e. The van der Waals surface area contributed by atoms with Crippen molar-refractivity contribution in [2.45, 2.75) is 56.2 Å². The molecule has 2 aromatic heterocycles. The van der Waals surface area contributed by atoms with Crippen LogP contribution in [0.4, 0.5) is 27.5 Å². The summed E-state index contributed by atoms with van der Waals surface area (Å²) < 4.78 is 43.5. The van der Waals surface area contributed by atoms with Crippen molar-refractivity contribution in [1.82, 2.24) is 23.8 Å². The molecule has 0 spiro atoms. The molecule has 2 aliphatic rings. The highest BCUT2D eigenvalue weighted by atomic mass is 32.2. The molecule has 42 heavy (non-hydrogen) atoms. The first-order valence-corrected chi connectivity index (χ1v) is 15.8. The maximum atomic E-state index is 13.4. The van der Waals surface area contributed by atoms with Crippen molar-refractivity contribution in [2.24, 2.45) is 0 Å². The number of fused-ring (bicyclic) bond motifs is 1. The molecule has 2 fully saturated rings. The van der Waals surface area contributed by atoms with Crippen molar-refractivity contribution in [3.05, 3.63) is 60.7 Å². The van der Waals surface area contributed by atoms with Crippen LogP contribution in [0.25, 0.3) is 11.2 Å². The van der Waals surface area contributed by atoms with Gasteiger partial charge in [0.2, 0.25) is 16.0 Å². The molecule has 1 saturated heterocycles. The molecule has 222 valence electrons. The third kappa shape index (κ3) is 5.90. The van der Waals surface area contributed by atoms with Crippen LogP contribution >= 0.6 is 0 Å². The smallest absolute Gasteiger partial charge is 0.243 e. The van der Waals surface area contributed by atoms with Gasteiger partial charge in [-0.25, -0.2) is 17.8 Å². The summed E-state index contributed by atoms with van der Waals surface area (Å²) >= 11 is 0. The summed E-state index contributed by atoms with van der Waals surface area (Å²) in [6.07, 6.45) is 4.67. The number of aliphatic hydroxyl groups excluding tert-OH is 1. The Kier molecular flexibility index (Phi) is 7.97. The summed E-state index contributed by atoms with van der Waals surface area (Å²) in [7, 11) is -3.68. The van der Waals surface area contributed by atoms with Gasteiger partial charge in [0.1, 0.15) is 5.82 Å². The van der Waals surface area contributed by atoms with E-state index in [2.05, 4.69) is 20.5 Å². The van der Waals surface area contributed by atoms with Crippen LogP contribution in [0.3, 0.4) is 0 Å². The van der Waals surface area contributed by atoms with E-state index in [-0.39, 0.29) is 22.9 Å². The summed E-state index contributed by atoms with van der Waals surface area (Å²) in [5, 5.41) is 16.6. The Hall–Kier alpha value is -3.81. The Labute approximate surface area is 244 Å². The van der Waals surface area contributed by atoms with Crippen LogP contribution in [0.2, 0.25) is 0 Å². The van der Waals surface area contributed by atoms with E-state index >= 15 is 0 Å². The number of rotatable bonds is 8. The molecule has 0 atom stereocenters. The third-order valence-electron chi connectivity index (χ3n) is 8.02. The Bertz CT molecular complexity index is 1630. The van der Waals surface area contributed by atoms with Gasteiger partial charge in [-0.05, 0) is 81.1 Å². The SMILES string of the molecule is CCn1cnc2c(Nc3ccc(S(=O)(=O)N4CCN(c5ccc(F)cc5)CC4)cc3)nc(NC3CCC(O)CC3)nc21. The lowest BCUT2D eigenvalue weighted by atomic mass is 9.93. The lowest BCUT2D eigenvalue weighted by molar-refractivity contribution is 0.126. The van der Waals surface area contributed by atoms with Gasteiger partial charge in [-0.2, -0.15) is 14.3 Å². The predicted molar refractivity (Wildman–Crippen MR) is 160 cm³/mol. The highest BCUT2D eigenvalue weighted by Gasteiger charge is 2.29. The number of imidazole rings is 1. The van der Waals surface area contributed by atoms with Crippen LogP contribution in [0.1, 0.15) is 32.6 Å². The summed E-state index contributed by atoms with van der Waals surface area (Å²) in [5.74, 6) is 0.717. The van der Waals surface area contributed by atoms with Crippen molar-refractivity contribution < 1.29 is 17.9 Å². The van der Waals surface area contributed by atoms with Crippen LogP contribution in [0, 0.1) is 5.82 Å². The second-order valence-electron chi connectivity index (χ2n) is 10.8. The fraction of sp³-hybridized carbons (Fsp3) is 0.414. The zero-order valence-corrected chi connectivity index (χ0v) is 24.3. The van der Waals surface area contributed by atoms with Gasteiger partial charge in [0.15, 0.2) is 17.0 Å². The molecule has 2 aromatic carbocycles. The van der Waals surface area contributed by atoms with Gasteiger partial charge in [0.25, 0.3) is 0 Å². The lowest BCUT2D eigenvalue weighted by Crippen LogP contribution is -2.48. The number of benzene rings is 2. The van der Waals surface area contributed by atoms with Crippen LogP contribution in [0.15, 0.2) is 59.8 Å². The Morgan fingerprint density at radius 3 is 2.31 bits per heavy atom. The van der Waals surface area contributed by atoms with E-state index in [1.807, 2.05) is 11.5 Å². The van der Waals surface area contributed by atoms with Crippen molar-refractivity contribution >= 4 is 44.3 Å². The first kappa shape index (κ1) is 28.3. The van der Waals surface area contributed by atoms with Crippen molar-refractivity contribution in [1.29, 1.82) is 0 Å². The van der Waals surface area contributed by atoms with Crippen LogP contribution in [0.5, 0.6) is 0 Å². The van der Waals surface area contributed by atoms with E-state index in [1.165, 1.54) is 16.4 Å². The minimum atomic E-state index is -3.68. The van der Waals surface area contributed by atoms with E-state index in [0.717, 1.165) is 31.4 Å². The summed E-state index contributed by atoms with van der Waals surface area (Å²) in [5.41, 5.74) is 2.87. The van der Waals surface area contributed by atoms with E-state index < -0.39 is 10.0 Å². The van der Waals surface area contributed by atoms with Gasteiger partial charge < -0.3 is 25.2 Å². The zero-order chi connectivity index (χ0) is 29.3. The Morgan fingerprint density at radius 2 is 1.64 bits per heavy atom. The molecule has 0 unspecified atom stereocenters. The molecular formula is C29H35FN8O3S. The van der Waals surface area contributed by atoms with Crippen LogP contribution < -0.4 is 15.5 Å². The predicted octanol–water partition coefficient (Wildman–Crippen LogP) is 3.96. The number of nitrogens with one attached hydrogen (secondary N) is 2. The van der Waals surface area contributed by atoms with Gasteiger partial charge >= 0.3 is 0 Å². The summed E-state index contributed by atoms with van der Waals surface area (Å²) in [4.78, 5) is 16.2. The number of hydrogen-bond acceptors (Lipinski definition) is 9. The molecular weight excluding hydrogens is 559 g/mol. The molecule has 1 aliphatic carbocycles. The van der Waals surface area contributed by atoms with Crippen molar-refractivity contribution in [3.8, 4) is 0 Å². The monoisotopic (exact) mass is 594 g/mol. The van der Waals surface area contributed by atoms with Gasteiger partial charge in [-0.1, -0.05) is 0 Å². The summed E-state index contributed by atoms with van der Waals surface area (Å²) in [6, 6.07) is 13.1. The molecule has 4 aromatic rings. The van der Waals surface area contributed by atoms with Crippen LogP contribution in [-0.2, 0) is 16.6 Å². The quantitative estimate of drug-likeness (QED) is 0.278. The van der Waals surface area contributed by atoms with Crippen LogP contribution in [-0.4, -0.2) is 75.7 Å². The summed E-state index contributed by atoms with van der Waals surface area (Å²) in [6.45, 7) is 4.45. The topological polar surface area (TPSA) is 129 Å². The molecule has 13 heteroatoms. The molecule has 1 aliphatic heterocycles. The van der Waals surface area contributed by atoms with Gasteiger partial charge in [-0.15, -0.1) is 0 Å². The fourth-order valence-electron chi connectivity index (χ4n) is 5.56. The number of halogens is 1. The van der Waals surface area contributed by atoms with Crippen molar-refractivity contribution in [3.63, 3.8) is 0 Å². The number of piperazine rings is 1. The highest BCUT2D eigenvalue weighted by Crippen LogP contribution is 2.28. The Balaban J connectivity index is 1.16. The van der Waals surface area contributed by atoms with E-state index in [4.69, 9.17) is 9.97 Å². The number of aryl methyl sites for hydroxylation is 1. The standard InChI is InChI=1S/C29H35FN8O3S/c1-2-36-19-31-26-27(34-29(35-28(26)36)33-22-5-11-24(39)12-6-22)32-21-7-13-25(14-8-21)42(40,41)38-17-15-37(16-18-38)23-9-3-20(30)4-10-23/h3-4,7-10,13-14,19,22,24,39H,2,5-6,11-12,15-18H2,1H3,(H2,32,33,34,35). The first-order valence-electron chi connectivity index (χ1n) is 14.4. The molecule has 1 saturated carbocycles. The largest absolute Gasteiger partial charge is 0.393 e. The minimum absolute atomic E-state index is 0.179. The van der Waals surface area contributed by atoms with E-state index in [9.17, 15) is 17.9 Å².